The van der Waals surface area contributed by atoms with E-state index in [1.165, 1.54) is 29.1 Å². The van der Waals surface area contributed by atoms with Crippen molar-refractivity contribution in [1.82, 2.24) is 14.7 Å². The molecule has 0 bridgehead atoms. The van der Waals surface area contributed by atoms with Crippen LogP contribution >= 0.6 is 0 Å². The Kier molecular flexibility index (Phi) is 4.02. The molecule has 1 aliphatic carbocycles. The highest BCUT2D eigenvalue weighted by atomic mass is 19.4. The normalized spacial score (nSPS) is 25.5. The number of hydrogen-bond donors (Lipinski definition) is 1. The predicted molar refractivity (Wildman–Crippen MR) is 88.7 cm³/mol. The van der Waals surface area contributed by atoms with Crippen molar-refractivity contribution in [3.05, 3.63) is 47.8 Å². The van der Waals surface area contributed by atoms with Gasteiger partial charge in [0.15, 0.2) is 5.69 Å². The quantitative estimate of drug-likeness (QED) is 0.891. The fourth-order valence-electron chi connectivity index (χ4n) is 4.04. The molecular formula is C18H19F3N4O. The first kappa shape index (κ1) is 17.1. The maximum atomic E-state index is 12.9. The van der Waals surface area contributed by atoms with Crippen LogP contribution in [0.4, 0.5) is 13.2 Å². The van der Waals surface area contributed by atoms with Gasteiger partial charge >= 0.3 is 6.18 Å². The summed E-state index contributed by atoms with van der Waals surface area (Å²) >= 11 is 0. The smallest absolute Gasteiger partial charge is 0.337 e. The summed E-state index contributed by atoms with van der Waals surface area (Å²) < 4.78 is 39.9. The number of rotatable bonds is 2. The van der Waals surface area contributed by atoms with E-state index in [1.807, 2.05) is 0 Å². The molecule has 2 aromatic rings. The lowest BCUT2D eigenvalue weighted by Gasteiger charge is -2.17. The minimum Gasteiger partial charge on any atom is -0.337 e. The second-order valence-corrected chi connectivity index (χ2v) is 7.07. The van der Waals surface area contributed by atoms with Crippen LogP contribution in [0.3, 0.4) is 0 Å². The zero-order valence-corrected chi connectivity index (χ0v) is 14.0. The van der Waals surface area contributed by atoms with Gasteiger partial charge in [-0.1, -0.05) is 6.07 Å². The van der Waals surface area contributed by atoms with Gasteiger partial charge in [-0.25, -0.2) is 4.68 Å². The van der Waals surface area contributed by atoms with Crippen LogP contribution in [0.15, 0.2) is 36.5 Å². The van der Waals surface area contributed by atoms with Crippen molar-refractivity contribution in [3.8, 4) is 5.69 Å². The Bertz CT molecular complexity index is 832. The number of alkyl halides is 3. The number of benzene rings is 1. The molecule has 1 aromatic carbocycles. The van der Waals surface area contributed by atoms with Crippen molar-refractivity contribution in [2.24, 2.45) is 17.6 Å². The Morgan fingerprint density at radius 2 is 2.00 bits per heavy atom. The van der Waals surface area contributed by atoms with Gasteiger partial charge < -0.3 is 10.6 Å². The highest BCUT2D eigenvalue weighted by Gasteiger charge is 2.42. The van der Waals surface area contributed by atoms with Gasteiger partial charge in [0.25, 0.3) is 5.91 Å². The first-order valence-corrected chi connectivity index (χ1v) is 8.61. The van der Waals surface area contributed by atoms with Gasteiger partial charge in [0.2, 0.25) is 0 Å². The molecule has 2 N–H and O–H groups in total. The van der Waals surface area contributed by atoms with E-state index in [0.717, 1.165) is 25.0 Å². The second kappa shape index (κ2) is 6.12. The van der Waals surface area contributed by atoms with Gasteiger partial charge in [-0.3, -0.25) is 4.79 Å². The summed E-state index contributed by atoms with van der Waals surface area (Å²) in [5.74, 6) is 0.585. The summed E-state index contributed by atoms with van der Waals surface area (Å²) in [6.45, 7) is 1.30. The molecule has 1 aliphatic heterocycles. The lowest BCUT2D eigenvalue weighted by Crippen LogP contribution is -2.33. The molecule has 1 aromatic heterocycles. The summed E-state index contributed by atoms with van der Waals surface area (Å²) in [6, 6.07) is 6.54. The molecule has 4 rings (SSSR count). The van der Waals surface area contributed by atoms with Crippen LogP contribution in [-0.2, 0) is 6.18 Å². The fraction of sp³-hybridized carbons (Fsp3) is 0.444. The monoisotopic (exact) mass is 364 g/mol. The molecule has 2 fully saturated rings. The molecule has 1 saturated carbocycles. The van der Waals surface area contributed by atoms with Crippen LogP contribution in [0, 0.1) is 11.8 Å². The number of amides is 1. The van der Waals surface area contributed by atoms with Crippen molar-refractivity contribution in [2.75, 3.05) is 13.1 Å². The van der Waals surface area contributed by atoms with Crippen LogP contribution in [0.2, 0.25) is 0 Å². The molecule has 0 radical (unpaired) electrons. The van der Waals surface area contributed by atoms with Crippen molar-refractivity contribution in [3.63, 3.8) is 0 Å². The Morgan fingerprint density at radius 3 is 2.73 bits per heavy atom. The third kappa shape index (κ3) is 2.98. The largest absolute Gasteiger partial charge is 0.416 e. The molecule has 138 valence electrons. The van der Waals surface area contributed by atoms with Crippen LogP contribution < -0.4 is 5.73 Å². The molecule has 3 atom stereocenters. The first-order valence-electron chi connectivity index (χ1n) is 8.61. The standard InChI is InChI=1S/C18H19F3N4O/c19-18(20,21)12-2-1-3-13(8-12)25-7-6-16(23-25)17(26)24-9-11-4-5-15(22)14(11)10-24/h1-3,6-8,11,14-15H,4-5,9-10,22H2. The average Bonchev–Trinajstić information content (AvgIpc) is 3.31. The van der Waals surface area contributed by atoms with Crippen molar-refractivity contribution in [1.29, 1.82) is 0 Å². The molecule has 3 unspecified atom stereocenters. The molecule has 5 nitrogen and oxygen atoms in total. The van der Waals surface area contributed by atoms with Crippen molar-refractivity contribution >= 4 is 5.91 Å². The van der Waals surface area contributed by atoms with E-state index >= 15 is 0 Å². The minimum absolute atomic E-state index is 0.139. The molecule has 1 amide bonds. The van der Waals surface area contributed by atoms with E-state index in [0.29, 0.717) is 24.9 Å². The minimum atomic E-state index is -4.42. The molecule has 2 aliphatic rings. The number of likely N-dealkylation sites (tertiary alicyclic amines) is 1. The number of fused-ring (bicyclic) bond motifs is 1. The SMILES string of the molecule is NC1CCC2CN(C(=O)c3ccn(-c4cccc(C(F)(F)F)c4)n3)CC12. The van der Waals surface area contributed by atoms with Crippen LogP contribution in [0.5, 0.6) is 0 Å². The van der Waals surface area contributed by atoms with Crippen molar-refractivity contribution in [2.45, 2.75) is 25.1 Å². The molecule has 1 saturated heterocycles. The third-order valence-corrected chi connectivity index (χ3v) is 5.45. The molecule has 8 heteroatoms. The molecule has 0 spiro atoms. The zero-order chi connectivity index (χ0) is 18.5. The highest BCUT2D eigenvalue weighted by Crippen LogP contribution is 2.37. The summed E-state index contributed by atoms with van der Waals surface area (Å²) in [5.41, 5.74) is 5.85. The van der Waals surface area contributed by atoms with E-state index in [9.17, 15) is 18.0 Å². The number of aromatic nitrogens is 2. The second-order valence-electron chi connectivity index (χ2n) is 7.07. The third-order valence-electron chi connectivity index (χ3n) is 5.45. The maximum absolute atomic E-state index is 12.9. The predicted octanol–water partition coefficient (Wildman–Crippen LogP) is 2.70. The Morgan fingerprint density at radius 1 is 1.19 bits per heavy atom. The summed E-state index contributed by atoms with van der Waals surface area (Å²) in [7, 11) is 0. The molecular weight excluding hydrogens is 345 g/mol. The zero-order valence-electron chi connectivity index (χ0n) is 14.0. The van der Waals surface area contributed by atoms with E-state index in [1.54, 1.807) is 4.90 Å². The Hall–Kier alpha value is -2.35. The number of hydrogen-bond acceptors (Lipinski definition) is 3. The molecule has 26 heavy (non-hydrogen) atoms. The molecule has 2 heterocycles. The lowest BCUT2D eigenvalue weighted by molar-refractivity contribution is -0.137. The maximum Gasteiger partial charge on any atom is 0.416 e. The number of halogens is 3. The van der Waals surface area contributed by atoms with Gasteiger partial charge in [-0.2, -0.15) is 18.3 Å². The van der Waals surface area contributed by atoms with E-state index < -0.39 is 11.7 Å². The van der Waals surface area contributed by atoms with Gasteiger partial charge in [0.05, 0.1) is 11.3 Å². The Labute approximate surface area is 148 Å². The Balaban J connectivity index is 1.53. The summed E-state index contributed by atoms with van der Waals surface area (Å²) in [4.78, 5) is 14.4. The number of nitrogens with two attached hydrogens (primary N) is 1. The average molecular weight is 364 g/mol. The number of carbonyl (C=O) groups is 1. The van der Waals surface area contributed by atoms with Crippen LogP contribution in [0.1, 0.15) is 28.9 Å². The van der Waals surface area contributed by atoms with E-state index in [4.69, 9.17) is 5.73 Å². The topological polar surface area (TPSA) is 64.2 Å². The summed E-state index contributed by atoms with van der Waals surface area (Å²) in [5, 5.41) is 4.19. The van der Waals surface area contributed by atoms with Crippen LogP contribution in [0.25, 0.3) is 5.69 Å². The van der Waals surface area contributed by atoms with Gasteiger partial charge in [0, 0.05) is 25.3 Å². The van der Waals surface area contributed by atoms with Crippen molar-refractivity contribution < 1.29 is 18.0 Å². The lowest BCUT2D eigenvalue weighted by atomic mass is 9.98. The number of carbonyl (C=O) groups excluding carboxylic acids is 1. The van der Waals surface area contributed by atoms with Gasteiger partial charge in [-0.15, -0.1) is 0 Å². The number of nitrogens with zero attached hydrogens (tertiary/aromatic N) is 3. The van der Waals surface area contributed by atoms with Gasteiger partial charge in [0.1, 0.15) is 0 Å². The summed E-state index contributed by atoms with van der Waals surface area (Å²) in [6.07, 6.45) is -0.880. The van der Waals surface area contributed by atoms with E-state index in [-0.39, 0.29) is 23.3 Å². The van der Waals surface area contributed by atoms with E-state index in [2.05, 4.69) is 5.10 Å². The highest BCUT2D eigenvalue weighted by molar-refractivity contribution is 5.92. The fourth-order valence-corrected chi connectivity index (χ4v) is 4.04. The first-order chi connectivity index (χ1) is 12.3. The van der Waals surface area contributed by atoms with Crippen LogP contribution in [-0.4, -0.2) is 39.7 Å². The van der Waals surface area contributed by atoms with Gasteiger partial charge in [-0.05, 0) is 48.9 Å².